The summed E-state index contributed by atoms with van der Waals surface area (Å²) in [5.41, 5.74) is 1.54. The summed E-state index contributed by atoms with van der Waals surface area (Å²) in [5.74, 6) is 0.951. The molecule has 94 valence electrons. The van der Waals surface area contributed by atoms with Crippen molar-refractivity contribution in [1.82, 2.24) is 4.90 Å². The summed E-state index contributed by atoms with van der Waals surface area (Å²) >= 11 is 0. The van der Waals surface area contributed by atoms with Crippen molar-refractivity contribution in [2.24, 2.45) is 16.7 Å². The van der Waals surface area contributed by atoms with E-state index in [9.17, 15) is 0 Å². The lowest BCUT2D eigenvalue weighted by atomic mass is 9.51. The monoisotopic (exact) mass is 223 g/mol. The van der Waals surface area contributed by atoms with E-state index in [2.05, 4.69) is 46.4 Å². The van der Waals surface area contributed by atoms with Crippen molar-refractivity contribution in [2.45, 2.75) is 66.3 Å². The van der Waals surface area contributed by atoms with Gasteiger partial charge < -0.3 is 0 Å². The molecule has 1 saturated carbocycles. The standard InChI is InChI=1S/C15H29N/c1-13(2,3)12-7-8-15(12)9-10-16(11-15)14(4,5)6/h12H,7-11H2,1-6H3. The summed E-state index contributed by atoms with van der Waals surface area (Å²) in [5, 5.41) is 0. The van der Waals surface area contributed by atoms with E-state index in [0.717, 1.165) is 5.92 Å². The van der Waals surface area contributed by atoms with Crippen LogP contribution in [0.5, 0.6) is 0 Å². The molecule has 0 aromatic heterocycles. The second-order valence-electron chi connectivity index (χ2n) is 8.16. The highest BCUT2D eigenvalue weighted by atomic mass is 15.2. The molecule has 0 radical (unpaired) electrons. The molecule has 2 aliphatic rings. The van der Waals surface area contributed by atoms with Crippen LogP contribution in [0.3, 0.4) is 0 Å². The highest BCUT2D eigenvalue weighted by Crippen LogP contribution is 2.59. The van der Waals surface area contributed by atoms with Gasteiger partial charge in [0.15, 0.2) is 0 Å². The average molecular weight is 223 g/mol. The van der Waals surface area contributed by atoms with Crippen molar-refractivity contribution in [3.8, 4) is 0 Å². The lowest BCUT2D eigenvalue weighted by molar-refractivity contribution is -0.0434. The quantitative estimate of drug-likeness (QED) is 0.601. The first-order valence-corrected chi connectivity index (χ1v) is 6.90. The van der Waals surface area contributed by atoms with Gasteiger partial charge in [-0.05, 0) is 63.3 Å². The van der Waals surface area contributed by atoms with Gasteiger partial charge in [0.05, 0.1) is 0 Å². The zero-order chi connectivity index (χ0) is 12.2. The number of rotatable bonds is 0. The van der Waals surface area contributed by atoms with Crippen LogP contribution in [0.25, 0.3) is 0 Å². The maximum Gasteiger partial charge on any atom is 0.0125 e. The molecule has 2 fully saturated rings. The van der Waals surface area contributed by atoms with Crippen LogP contribution in [-0.4, -0.2) is 23.5 Å². The topological polar surface area (TPSA) is 3.24 Å². The minimum absolute atomic E-state index is 0.363. The van der Waals surface area contributed by atoms with Gasteiger partial charge in [0.25, 0.3) is 0 Å². The molecule has 1 heterocycles. The van der Waals surface area contributed by atoms with E-state index in [1.54, 1.807) is 0 Å². The average Bonchev–Trinajstić information content (AvgIpc) is 2.42. The van der Waals surface area contributed by atoms with E-state index < -0.39 is 0 Å². The van der Waals surface area contributed by atoms with Crippen LogP contribution in [0.4, 0.5) is 0 Å². The Balaban J connectivity index is 2.08. The zero-order valence-electron chi connectivity index (χ0n) is 12.1. The molecule has 2 rings (SSSR count). The van der Waals surface area contributed by atoms with Crippen molar-refractivity contribution in [1.29, 1.82) is 0 Å². The van der Waals surface area contributed by atoms with Crippen molar-refractivity contribution in [3.05, 3.63) is 0 Å². The smallest absolute Gasteiger partial charge is 0.0125 e. The van der Waals surface area contributed by atoms with Gasteiger partial charge in [-0.15, -0.1) is 0 Å². The molecule has 0 N–H and O–H groups in total. The molecule has 0 aromatic rings. The Morgan fingerprint density at radius 3 is 1.94 bits per heavy atom. The molecule has 2 atom stereocenters. The van der Waals surface area contributed by atoms with Gasteiger partial charge in [0.2, 0.25) is 0 Å². The molecule has 1 heteroatoms. The molecule has 16 heavy (non-hydrogen) atoms. The molecule has 0 amide bonds. The molecule has 1 spiro atoms. The van der Waals surface area contributed by atoms with E-state index in [0.29, 0.717) is 16.4 Å². The zero-order valence-corrected chi connectivity index (χ0v) is 12.1. The van der Waals surface area contributed by atoms with E-state index in [4.69, 9.17) is 0 Å². The van der Waals surface area contributed by atoms with Gasteiger partial charge in [-0.3, -0.25) is 4.90 Å². The Bertz CT molecular complexity index is 268. The van der Waals surface area contributed by atoms with Crippen molar-refractivity contribution >= 4 is 0 Å². The molecular weight excluding hydrogens is 194 g/mol. The third kappa shape index (κ3) is 1.92. The molecule has 0 bridgehead atoms. The number of nitrogens with zero attached hydrogens (tertiary/aromatic N) is 1. The Hall–Kier alpha value is -0.0400. The minimum Gasteiger partial charge on any atom is -0.298 e. The van der Waals surface area contributed by atoms with Crippen LogP contribution in [0, 0.1) is 16.7 Å². The summed E-state index contributed by atoms with van der Waals surface area (Å²) in [6, 6.07) is 0. The fourth-order valence-corrected chi connectivity index (χ4v) is 4.01. The fraction of sp³-hybridized carbons (Fsp3) is 1.00. The summed E-state index contributed by atoms with van der Waals surface area (Å²) in [6.45, 7) is 17.0. The SMILES string of the molecule is CC(C)(C)C1CCC12CCN(C(C)(C)C)C2. The van der Waals surface area contributed by atoms with Gasteiger partial charge in [0.1, 0.15) is 0 Å². The first kappa shape index (κ1) is 12.4. The molecule has 2 unspecified atom stereocenters. The van der Waals surface area contributed by atoms with E-state index in [-0.39, 0.29) is 0 Å². The van der Waals surface area contributed by atoms with Gasteiger partial charge >= 0.3 is 0 Å². The molecule has 1 aliphatic carbocycles. The van der Waals surface area contributed by atoms with Crippen LogP contribution in [0.15, 0.2) is 0 Å². The second-order valence-corrected chi connectivity index (χ2v) is 8.16. The highest BCUT2D eigenvalue weighted by Gasteiger charge is 2.55. The summed E-state index contributed by atoms with van der Waals surface area (Å²) in [7, 11) is 0. The second kappa shape index (κ2) is 3.48. The lowest BCUT2D eigenvalue weighted by Crippen LogP contribution is -2.50. The Kier molecular flexibility index (Phi) is 2.70. The first-order chi connectivity index (χ1) is 7.15. The fourth-order valence-electron chi connectivity index (χ4n) is 4.01. The molecule has 0 aromatic carbocycles. The van der Waals surface area contributed by atoms with Gasteiger partial charge in [-0.2, -0.15) is 0 Å². The van der Waals surface area contributed by atoms with E-state index in [1.807, 2.05) is 0 Å². The molecule has 1 nitrogen and oxygen atoms in total. The van der Waals surface area contributed by atoms with Gasteiger partial charge in [0, 0.05) is 12.1 Å². The lowest BCUT2D eigenvalue weighted by Gasteiger charge is -2.54. The normalized spacial score (nSPS) is 36.8. The van der Waals surface area contributed by atoms with Crippen LogP contribution in [0.1, 0.15) is 60.8 Å². The minimum atomic E-state index is 0.363. The third-order valence-electron chi connectivity index (χ3n) is 5.05. The number of likely N-dealkylation sites (tertiary alicyclic amines) is 1. The largest absolute Gasteiger partial charge is 0.298 e. The summed E-state index contributed by atoms with van der Waals surface area (Å²) in [4.78, 5) is 2.70. The number of hydrogen-bond donors (Lipinski definition) is 0. The van der Waals surface area contributed by atoms with Crippen molar-refractivity contribution in [2.75, 3.05) is 13.1 Å². The van der Waals surface area contributed by atoms with Crippen molar-refractivity contribution in [3.63, 3.8) is 0 Å². The maximum absolute atomic E-state index is 2.70. The predicted molar refractivity (Wildman–Crippen MR) is 70.6 cm³/mol. The van der Waals surface area contributed by atoms with Crippen LogP contribution in [-0.2, 0) is 0 Å². The Morgan fingerprint density at radius 2 is 1.62 bits per heavy atom. The van der Waals surface area contributed by atoms with Gasteiger partial charge in [-0.25, -0.2) is 0 Å². The summed E-state index contributed by atoms with van der Waals surface area (Å²) in [6.07, 6.45) is 4.37. The van der Waals surface area contributed by atoms with E-state index in [1.165, 1.54) is 32.4 Å². The van der Waals surface area contributed by atoms with Crippen LogP contribution < -0.4 is 0 Å². The van der Waals surface area contributed by atoms with E-state index >= 15 is 0 Å². The molecule has 1 saturated heterocycles. The predicted octanol–water partition coefficient (Wildman–Crippen LogP) is 3.93. The van der Waals surface area contributed by atoms with Gasteiger partial charge in [-0.1, -0.05) is 20.8 Å². The Labute approximate surface area is 102 Å². The van der Waals surface area contributed by atoms with Crippen molar-refractivity contribution < 1.29 is 0 Å². The summed E-state index contributed by atoms with van der Waals surface area (Å²) < 4.78 is 0. The third-order valence-corrected chi connectivity index (χ3v) is 5.05. The first-order valence-electron chi connectivity index (χ1n) is 6.90. The van der Waals surface area contributed by atoms with Crippen LogP contribution >= 0.6 is 0 Å². The number of hydrogen-bond acceptors (Lipinski definition) is 1. The molecule has 1 aliphatic heterocycles. The Morgan fingerprint density at radius 1 is 1.00 bits per heavy atom. The maximum atomic E-state index is 2.70. The highest BCUT2D eigenvalue weighted by molar-refractivity contribution is 5.06. The molecular formula is C15H29N. The van der Waals surface area contributed by atoms with Crippen LogP contribution in [0.2, 0.25) is 0 Å².